The molecule has 6 nitrogen and oxygen atoms in total. The lowest BCUT2D eigenvalue weighted by Crippen LogP contribution is -2.42. The molecule has 2 rings (SSSR count). The van der Waals surface area contributed by atoms with Gasteiger partial charge in [-0.05, 0) is 24.8 Å². The Hall–Kier alpha value is -2.11. The normalized spacial score (nSPS) is 21.6. The highest BCUT2D eigenvalue weighted by Gasteiger charge is 2.25. The van der Waals surface area contributed by atoms with E-state index < -0.39 is 5.97 Å². The number of pyridine rings is 1. The monoisotopic (exact) mass is 291 g/mol. The van der Waals surface area contributed by atoms with Crippen molar-refractivity contribution in [3.05, 3.63) is 24.0 Å². The van der Waals surface area contributed by atoms with Crippen molar-refractivity contribution in [2.45, 2.75) is 38.6 Å². The van der Waals surface area contributed by atoms with E-state index in [1.165, 1.54) is 24.9 Å². The molecule has 2 unspecified atom stereocenters. The van der Waals surface area contributed by atoms with Gasteiger partial charge in [0, 0.05) is 19.3 Å². The Morgan fingerprint density at radius 2 is 2.14 bits per heavy atom. The van der Waals surface area contributed by atoms with Crippen molar-refractivity contribution < 1.29 is 14.7 Å². The zero-order chi connectivity index (χ0) is 15.4. The van der Waals surface area contributed by atoms with Crippen molar-refractivity contribution >= 4 is 17.7 Å². The van der Waals surface area contributed by atoms with Crippen LogP contribution in [0.4, 0.5) is 10.5 Å². The van der Waals surface area contributed by atoms with Crippen molar-refractivity contribution in [1.82, 2.24) is 9.88 Å². The Balaban J connectivity index is 2.00. The average Bonchev–Trinajstić information content (AvgIpc) is 2.46. The minimum atomic E-state index is -1.06. The van der Waals surface area contributed by atoms with E-state index >= 15 is 0 Å². The molecule has 2 atom stereocenters. The summed E-state index contributed by atoms with van der Waals surface area (Å²) in [5.74, 6) is -0.427. The standard InChI is InChI=1S/C15H21N3O3/c1-10-4-3-5-13(6-10)18(2)15(21)17-12-7-11(14(19)20)8-16-9-12/h7-10,13H,3-6H2,1-2H3,(H,17,21)(H,19,20). The summed E-state index contributed by atoms with van der Waals surface area (Å²) in [6, 6.07) is 1.42. The second-order valence-corrected chi connectivity index (χ2v) is 5.73. The van der Waals surface area contributed by atoms with E-state index in [1.54, 1.807) is 11.9 Å². The predicted molar refractivity (Wildman–Crippen MR) is 79.4 cm³/mol. The lowest BCUT2D eigenvalue weighted by molar-refractivity contribution is 0.0696. The summed E-state index contributed by atoms with van der Waals surface area (Å²) in [4.78, 5) is 28.7. The molecule has 0 bridgehead atoms. The van der Waals surface area contributed by atoms with Crippen LogP contribution < -0.4 is 5.32 Å². The second kappa shape index (κ2) is 6.56. The van der Waals surface area contributed by atoms with Crippen LogP contribution in [0, 0.1) is 5.92 Å². The van der Waals surface area contributed by atoms with Gasteiger partial charge in [-0.2, -0.15) is 0 Å². The third kappa shape index (κ3) is 3.93. The molecule has 1 aromatic heterocycles. The number of anilines is 1. The number of aromatic carboxylic acids is 1. The van der Waals surface area contributed by atoms with Gasteiger partial charge in [0.1, 0.15) is 0 Å². The first-order valence-electron chi connectivity index (χ1n) is 7.19. The summed E-state index contributed by atoms with van der Waals surface area (Å²) in [5.41, 5.74) is 0.456. The number of carboxylic acids is 1. The van der Waals surface area contributed by atoms with E-state index in [1.807, 2.05) is 0 Å². The first-order valence-corrected chi connectivity index (χ1v) is 7.19. The van der Waals surface area contributed by atoms with Gasteiger partial charge in [-0.25, -0.2) is 9.59 Å². The maximum absolute atomic E-state index is 12.2. The molecule has 6 heteroatoms. The van der Waals surface area contributed by atoms with Gasteiger partial charge in [-0.3, -0.25) is 4.98 Å². The SMILES string of the molecule is CC1CCCC(N(C)C(=O)Nc2cncc(C(=O)O)c2)C1. The summed E-state index contributed by atoms with van der Waals surface area (Å²) in [6.07, 6.45) is 7.08. The summed E-state index contributed by atoms with van der Waals surface area (Å²) < 4.78 is 0. The zero-order valence-corrected chi connectivity index (χ0v) is 12.4. The molecule has 1 saturated carbocycles. The fourth-order valence-electron chi connectivity index (χ4n) is 2.76. The number of hydrogen-bond donors (Lipinski definition) is 2. The third-order valence-corrected chi connectivity index (χ3v) is 4.01. The molecule has 0 aromatic carbocycles. The zero-order valence-electron chi connectivity index (χ0n) is 12.4. The van der Waals surface area contributed by atoms with E-state index in [-0.39, 0.29) is 17.6 Å². The van der Waals surface area contributed by atoms with Gasteiger partial charge < -0.3 is 15.3 Å². The molecule has 0 saturated heterocycles. The minimum absolute atomic E-state index is 0.0572. The molecular formula is C15H21N3O3. The quantitative estimate of drug-likeness (QED) is 0.897. The first-order chi connectivity index (χ1) is 9.97. The number of nitrogens with zero attached hydrogens (tertiary/aromatic N) is 2. The molecule has 2 amide bonds. The van der Waals surface area contributed by atoms with Crippen LogP contribution in [-0.4, -0.2) is 40.1 Å². The fraction of sp³-hybridized carbons (Fsp3) is 0.533. The van der Waals surface area contributed by atoms with Crippen LogP contribution in [0.1, 0.15) is 43.0 Å². The summed E-state index contributed by atoms with van der Waals surface area (Å²) in [5, 5.41) is 11.6. The predicted octanol–water partition coefficient (Wildman–Crippen LogP) is 2.82. The van der Waals surface area contributed by atoms with E-state index in [4.69, 9.17) is 5.11 Å². The van der Waals surface area contributed by atoms with Crippen LogP contribution in [0.25, 0.3) is 0 Å². The fourth-order valence-corrected chi connectivity index (χ4v) is 2.76. The van der Waals surface area contributed by atoms with Crippen LogP contribution in [0.2, 0.25) is 0 Å². The van der Waals surface area contributed by atoms with E-state index in [0.29, 0.717) is 11.6 Å². The highest BCUT2D eigenvalue weighted by Crippen LogP contribution is 2.27. The number of carbonyl (C=O) groups excluding carboxylic acids is 1. The van der Waals surface area contributed by atoms with Crippen LogP contribution in [0.5, 0.6) is 0 Å². The Morgan fingerprint density at radius 3 is 2.81 bits per heavy atom. The van der Waals surface area contributed by atoms with Crippen molar-refractivity contribution in [1.29, 1.82) is 0 Å². The topological polar surface area (TPSA) is 82.5 Å². The molecule has 1 aliphatic rings. The molecule has 1 aliphatic carbocycles. The van der Waals surface area contributed by atoms with Crippen LogP contribution in [0.15, 0.2) is 18.5 Å². The maximum atomic E-state index is 12.2. The van der Waals surface area contributed by atoms with Crippen LogP contribution >= 0.6 is 0 Å². The smallest absolute Gasteiger partial charge is 0.337 e. The minimum Gasteiger partial charge on any atom is -0.478 e. The largest absolute Gasteiger partial charge is 0.478 e. The lowest BCUT2D eigenvalue weighted by Gasteiger charge is -2.34. The van der Waals surface area contributed by atoms with Crippen molar-refractivity contribution in [3.63, 3.8) is 0 Å². The molecule has 0 aliphatic heterocycles. The van der Waals surface area contributed by atoms with Gasteiger partial charge in [-0.15, -0.1) is 0 Å². The number of urea groups is 1. The van der Waals surface area contributed by atoms with Crippen molar-refractivity contribution in [3.8, 4) is 0 Å². The Labute approximate surface area is 124 Å². The first kappa shape index (κ1) is 15.3. The van der Waals surface area contributed by atoms with E-state index in [9.17, 15) is 9.59 Å². The van der Waals surface area contributed by atoms with E-state index in [2.05, 4.69) is 17.2 Å². The highest BCUT2D eigenvalue weighted by molar-refractivity contribution is 5.92. The second-order valence-electron chi connectivity index (χ2n) is 5.73. The molecule has 0 spiro atoms. The van der Waals surface area contributed by atoms with Crippen LogP contribution in [0.3, 0.4) is 0 Å². The Morgan fingerprint density at radius 1 is 1.38 bits per heavy atom. The van der Waals surface area contributed by atoms with E-state index in [0.717, 1.165) is 19.3 Å². The summed E-state index contributed by atoms with van der Waals surface area (Å²) in [7, 11) is 1.78. The third-order valence-electron chi connectivity index (χ3n) is 4.01. The van der Waals surface area contributed by atoms with Gasteiger partial charge in [0.05, 0.1) is 17.4 Å². The van der Waals surface area contributed by atoms with Crippen molar-refractivity contribution in [2.24, 2.45) is 5.92 Å². The summed E-state index contributed by atoms with van der Waals surface area (Å²) >= 11 is 0. The lowest BCUT2D eigenvalue weighted by atomic mass is 9.86. The van der Waals surface area contributed by atoms with Gasteiger partial charge in [-0.1, -0.05) is 19.8 Å². The molecule has 2 N–H and O–H groups in total. The molecular weight excluding hydrogens is 270 g/mol. The molecule has 114 valence electrons. The summed E-state index contributed by atoms with van der Waals surface area (Å²) in [6.45, 7) is 2.21. The molecule has 1 aromatic rings. The molecule has 0 radical (unpaired) electrons. The van der Waals surface area contributed by atoms with Crippen molar-refractivity contribution in [2.75, 3.05) is 12.4 Å². The van der Waals surface area contributed by atoms with Gasteiger partial charge in [0.2, 0.25) is 0 Å². The number of rotatable bonds is 3. The number of carbonyl (C=O) groups is 2. The van der Waals surface area contributed by atoms with Gasteiger partial charge >= 0.3 is 12.0 Å². The Kier molecular flexibility index (Phi) is 4.77. The number of amides is 2. The number of aromatic nitrogens is 1. The Bertz CT molecular complexity index is 533. The number of hydrogen-bond acceptors (Lipinski definition) is 3. The van der Waals surface area contributed by atoms with Gasteiger partial charge in [0.15, 0.2) is 0 Å². The molecule has 1 fully saturated rings. The average molecular weight is 291 g/mol. The van der Waals surface area contributed by atoms with Gasteiger partial charge in [0.25, 0.3) is 0 Å². The van der Waals surface area contributed by atoms with Crippen LogP contribution in [-0.2, 0) is 0 Å². The molecule has 21 heavy (non-hydrogen) atoms. The highest BCUT2D eigenvalue weighted by atomic mass is 16.4. The molecule has 1 heterocycles. The maximum Gasteiger partial charge on any atom is 0.337 e. The number of nitrogens with one attached hydrogen (secondary N) is 1. The number of carboxylic acid groups (broad SMARTS) is 1.